The lowest BCUT2D eigenvalue weighted by molar-refractivity contribution is -0.134. The van der Waals surface area contributed by atoms with Crippen molar-refractivity contribution in [1.29, 1.82) is 0 Å². The topological polar surface area (TPSA) is 172 Å². The van der Waals surface area contributed by atoms with Gasteiger partial charge in [-0.05, 0) is 98.9 Å². The molecule has 65 heavy (non-hydrogen) atoms. The third-order valence-corrected chi connectivity index (χ3v) is 14.1. The second-order valence-corrected chi connectivity index (χ2v) is 18.2. The van der Waals surface area contributed by atoms with Gasteiger partial charge >= 0.3 is 0 Å². The molecule has 16 nitrogen and oxygen atoms in total. The van der Waals surface area contributed by atoms with Crippen LogP contribution in [-0.4, -0.2) is 102 Å². The summed E-state index contributed by atoms with van der Waals surface area (Å²) in [6, 6.07) is 13.5. The van der Waals surface area contributed by atoms with Gasteiger partial charge in [-0.25, -0.2) is 23.7 Å². The number of carbonyl (C=O) groups excluding carboxylic acids is 2. The number of hydrogen-bond donors (Lipinski definition) is 3. The van der Waals surface area contributed by atoms with Gasteiger partial charge in [-0.3, -0.25) is 29.3 Å². The molecule has 0 saturated carbocycles. The minimum absolute atomic E-state index is 0.242. The summed E-state index contributed by atoms with van der Waals surface area (Å²) in [4.78, 5) is 59.3. The van der Waals surface area contributed by atoms with Crippen molar-refractivity contribution in [2.24, 2.45) is 13.0 Å². The highest BCUT2D eigenvalue weighted by molar-refractivity contribution is 6.02. The molecule has 0 bridgehead atoms. The van der Waals surface area contributed by atoms with Crippen LogP contribution in [0.5, 0.6) is 0 Å². The second-order valence-electron chi connectivity index (χ2n) is 18.2. The van der Waals surface area contributed by atoms with E-state index in [0.717, 1.165) is 87.4 Å². The normalized spacial score (nSPS) is 20.8. The van der Waals surface area contributed by atoms with Crippen LogP contribution in [0.2, 0.25) is 0 Å². The predicted octanol–water partition coefficient (Wildman–Crippen LogP) is 5.34. The maximum absolute atomic E-state index is 15.7. The minimum Gasteiger partial charge on any atom is -0.384 e. The van der Waals surface area contributed by atoms with Crippen LogP contribution in [0.3, 0.4) is 0 Å². The van der Waals surface area contributed by atoms with Crippen LogP contribution in [0.15, 0.2) is 66.1 Å². The van der Waals surface area contributed by atoms with Crippen molar-refractivity contribution in [1.82, 2.24) is 44.3 Å². The Bertz CT molecular complexity index is 2930. The average molecular weight is 883 g/mol. The fraction of sp³-hybridized carbons (Fsp3) is 0.438. The van der Waals surface area contributed by atoms with Crippen molar-refractivity contribution in [2.75, 3.05) is 60.9 Å². The van der Waals surface area contributed by atoms with Crippen molar-refractivity contribution < 1.29 is 19.1 Å². The molecule has 2 amide bonds. The second kappa shape index (κ2) is 16.8. The summed E-state index contributed by atoms with van der Waals surface area (Å²) < 4.78 is 20.7. The summed E-state index contributed by atoms with van der Waals surface area (Å²) in [5.74, 6) is -0.186. The number of halogens is 1. The molecule has 0 radical (unpaired) electrons. The Morgan fingerprint density at radius 2 is 1.74 bits per heavy atom. The molecule has 10 rings (SSSR count). The maximum Gasteiger partial charge on any atom is 0.278 e. The molecular formula is C48H55FN12O4. The van der Waals surface area contributed by atoms with Gasteiger partial charge in [0.25, 0.3) is 5.56 Å². The molecule has 17 heteroatoms. The molecule has 1 aliphatic carbocycles. The molecule has 1 unspecified atom stereocenters. The summed E-state index contributed by atoms with van der Waals surface area (Å²) in [6.45, 7) is 14.5. The Hall–Kier alpha value is -6.46. The lowest BCUT2D eigenvalue weighted by Crippen LogP contribution is -2.49. The average Bonchev–Trinajstić information content (AvgIpc) is 3.90. The number of aromatic nitrogens is 7. The summed E-state index contributed by atoms with van der Waals surface area (Å²) in [5.41, 5.74) is 5.82. The fourth-order valence-corrected chi connectivity index (χ4v) is 10.5. The third-order valence-electron chi connectivity index (χ3n) is 14.1. The first-order chi connectivity index (χ1) is 31.4. The van der Waals surface area contributed by atoms with E-state index in [1.807, 2.05) is 38.2 Å². The van der Waals surface area contributed by atoms with E-state index in [4.69, 9.17) is 9.97 Å². The number of carbonyl (C=O) groups is 2. The number of allylic oxidation sites excluding steroid dienone is 1. The molecule has 3 fully saturated rings. The zero-order valence-electron chi connectivity index (χ0n) is 37.2. The summed E-state index contributed by atoms with van der Waals surface area (Å²) in [5, 5.41) is 22.6. The molecule has 6 aromatic rings. The quantitative estimate of drug-likeness (QED) is 0.113. The number of nitrogens with one attached hydrogen (secondary N) is 2. The van der Waals surface area contributed by atoms with Gasteiger partial charge < -0.3 is 20.2 Å². The molecule has 3 N–H and O–H groups in total. The monoisotopic (exact) mass is 882 g/mol. The number of nitrogens with zero attached hydrogens (tertiary/aromatic N) is 10. The predicted molar refractivity (Wildman–Crippen MR) is 247 cm³/mol. The number of aryl methyl sites for hydroxylation is 3. The zero-order chi connectivity index (χ0) is 45.1. The van der Waals surface area contributed by atoms with E-state index in [2.05, 4.69) is 61.1 Å². The Morgan fingerprint density at radius 1 is 0.954 bits per heavy atom. The van der Waals surface area contributed by atoms with Gasteiger partial charge in [-0.1, -0.05) is 19.1 Å². The standard InChI is InChI=1S/C48H55FN12O4/c1-5-17-60-46(64)35-27-50-47(54-44(35)61(60)40-11-7-31-13-16-48(65,6-2)43(31)52-40)51-32-8-10-37(29(3)24-32)59-22-20-57(21-23-59)28-30-14-18-58(19-15-30)39-26-38-34(25-36(39)49)42(55-56(38)4)33-9-12-41(62)53-45(33)63/h5,7-8,10-11,24-27,30,33,65H,1,6,9,12-23,28H2,2-4H3,(H,50,51,54)(H,53,62,63)/t33?,48-/m1/s1. The number of pyridine rings is 1. The fourth-order valence-electron chi connectivity index (χ4n) is 10.5. The smallest absolute Gasteiger partial charge is 0.278 e. The molecule has 0 spiro atoms. The van der Waals surface area contributed by atoms with Crippen LogP contribution >= 0.6 is 0 Å². The van der Waals surface area contributed by atoms with E-state index in [-0.39, 0.29) is 36.2 Å². The molecule has 7 heterocycles. The maximum atomic E-state index is 15.7. The molecule has 2 aromatic carbocycles. The lowest BCUT2D eigenvalue weighted by atomic mass is 9.92. The molecule has 4 aliphatic rings. The number of anilines is 4. The molecule has 338 valence electrons. The zero-order valence-corrected chi connectivity index (χ0v) is 37.2. The van der Waals surface area contributed by atoms with E-state index >= 15 is 4.39 Å². The van der Waals surface area contributed by atoms with Gasteiger partial charge in [0, 0.05) is 82.2 Å². The molecule has 2 atom stereocenters. The number of piperidine rings is 2. The first kappa shape index (κ1) is 42.5. The number of hydrogen-bond acceptors (Lipinski definition) is 12. The molecular weight excluding hydrogens is 828 g/mol. The first-order valence-electron chi connectivity index (χ1n) is 22.8. The van der Waals surface area contributed by atoms with E-state index in [9.17, 15) is 19.5 Å². The highest BCUT2D eigenvalue weighted by Gasteiger charge is 2.38. The summed E-state index contributed by atoms with van der Waals surface area (Å²) in [7, 11) is 1.81. The number of imide groups is 1. The van der Waals surface area contributed by atoms with Crippen molar-refractivity contribution in [3.05, 3.63) is 100 Å². The largest absolute Gasteiger partial charge is 0.384 e. The summed E-state index contributed by atoms with van der Waals surface area (Å²) >= 11 is 0. The number of amides is 2. The molecule has 3 saturated heterocycles. The van der Waals surface area contributed by atoms with Gasteiger partial charge in [0.2, 0.25) is 17.8 Å². The van der Waals surface area contributed by atoms with E-state index in [1.165, 1.54) is 11.8 Å². The first-order valence-corrected chi connectivity index (χ1v) is 22.8. The van der Waals surface area contributed by atoms with Gasteiger partial charge in [0.15, 0.2) is 11.5 Å². The van der Waals surface area contributed by atoms with Crippen LogP contribution in [0.25, 0.3) is 27.8 Å². The lowest BCUT2D eigenvalue weighted by Gasteiger charge is -2.40. The number of rotatable bonds is 11. The van der Waals surface area contributed by atoms with Crippen molar-refractivity contribution in [2.45, 2.75) is 76.9 Å². The van der Waals surface area contributed by atoms with Gasteiger partial charge in [0.1, 0.15) is 16.8 Å². The number of piperazine rings is 1. The Balaban J connectivity index is 0.763. The highest BCUT2D eigenvalue weighted by atomic mass is 19.1. The number of fused-ring (bicyclic) bond motifs is 3. The van der Waals surface area contributed by atoms with E-state index in [1.54, 1.807) is 26.3 Å². The van der Waals surface area contributed by atoms with E-state index in [0.29, 0.717) is 70.4 Å². The third kappa shape index (κ3) is 7.73. The Morgan fingerprint density at radius 3 is 2.48 bits per heavy atom. The van der Waals surface area contributed by atoms with Crippen LogP contribution < -0.4 is 26.0 Å². The van der Waals surface area contributed by atoms with Crippen molar-refractivity contribution >= 4 is 56.8 Å². The Labute approximate surface area is 375 Å². The molecule has 4 aromatic heterocycles. The van der Waals surface area contributed by atoms with E-state index < -0.39 is 11.5 Å². The molecule has 3 aliphatic heterocycles. The van der Waals surface area contributed by atoms with Crippen LogP contribution in [0.1, 0.15) is 73.9 Å². The van der Waals surface area contributed by atoms with Gasteiger partial charge in [-0.2, -0.15) is 10.1 Å². The van der Waals surface area contributed by atoms with Crippen LogP contribution in [-0.2, 0) is 35.2 Å². The number of aliphatic hydroxyl groups is 1. The van der Waals surface area contributed by atoms with Crippen molar-refractivity contribution in [3.63, 3.8) is 0 Å². The minimum atomic E-state index is -1.00. The van der Waals surface area contributed by atoms with Gasteiger partial charge in [0.05, 0.1) is 35.1 Å². The summed E-state index contributed by atoms with van der Waals surface area (Å²) in [6.07, 6.45) is 7.69. The van der Waals surface area contributed by atoms with Crippen molar-refractivity contribution in [3.8, 4) is 5.82 Å². The number of benzene rings is 2. The highest BCUT2D eigenvalue weighted by Crippen LogP contribution is 2.39. The van der Waals surface area contributed by atoms with Crippen LogP contribution in [0.4, 0.5) is 27.4 Å². The van der Waals surface area contributed by atoms with Crippen LogP contribution in [0, 0.1) is 18.7 Å². The SMILES string of the molecule is C=CCn1c(=O)c2cnc(Nc3ccc(N4CCN(CC5CCN(c6cc7c(cc6F)c(C6CCC(=O)NC6=O)nn7C)CC5)CC4)c(C)c3)nc2n1-c1ccc2c(n1)[C@@](O)(CC)CC2. The Kier molecular flexibility index (Phi) is 11.0. The van der Waals surface area contributed by atoms with Gasteiger partial charge in [-0.15, -0.1) is 6.58 Å².